The van der Waals surface area contributed by atoms with Crippen LogP contribution in [0.15, 0.2) is 185 Å². The molecule has 54 heavy (non-hydrogen) atoms. The quantitative estimate of drug-likeness (QED) is 0.180. The molecular formula is C49H29N3O2. The van der Waals surface area contributed by atoms with Gasteiger partial charge in [-0.25, -0.2) is 15.0 Å². The van der Waals surface area contributed by atoms with E-state index in [1.165, 1.54) is 0 Å². The van der Waals surface area contributed by atoms with Crippen LogP contribution in [-0.2, 0) is 0 Å². The highest BCUT2D eigenvalue weighted by molar-refractivity contribution is 6.22. The van der Waals surface area contributed by atoms with E-state index in [0.29, 0.717) is 17.5 Å². The fourth-order valence-corrected chi connectivity index (χ4v) is 7.80. The first-order valence-corrected chi connectivity index (χ1v) is 18.0. The summed E-state index contributed by atoms with van der Waals surface area (Å²) in [6.07, 6.45) is 0. The van der Waals surface area contributed by atoms with Crippen LogP contribution < -0.4 is 0 Å². The molecule has 0 spiro atoms. The van der Waals surface area contributed by atoms with Crippen LogP contribution in [0.3, 0.4) is 0 Å². The van der Waals surface area contributed by atoms with Gasteiger partial charge in [-0.1, -0.05) is 158 Å². The van der Waals surface area contributed by atoms with E-state index in [4.69, 9.17) is 23.8 Å². The van der Waals surface area contributed by atoms with Gasteiger partial charge in [-0.05, 0) is 40.3 Å². The third-order valence-electron chi connectivity index (χ3n) is 10.4. The Balaban J connectivity index is 1.14. The van der Waals surface area contributed by atoms with Crippen molar-refractivity contribution in [1.82, 2.24) is 15.0 Å². The van der Waals surface area contributed by atoms with Crippen LogP contribution in [0, 0.1) is 0 Å². The average Bonchev–Trinajstić information content (AvgIpc) is 3.83. The summed E-state index contributed by atoms with van der Waals surface area (Å²) in [6, 6.07) is 60.2. The van der Waals surface area contributed by atoms with Gasteiger partial charge in [0.25, 0.3) is 0 Å². The first-order valence-electron chi connectivity index (χ1n) is 18.0. The molecule has 0 bridgehead atoms. The molecule has 5 nitrogen and oxygen atoms in total. The van der Waals surface area contributed by atoms with E-state index in [0.717, 1.165) is 93.6 Å². The van der Waals surface area contributed by atoms with E-state index in [2.05, 4.69) is 115 Å². The minimum Gasteiger partial charge on any atom is -0.456 e. The van der Waals surface area contributed by atoms with Crippen molar-refractivity contribution < 1.29 is 8.83 Å². The molecule has 252 valence electrons. The van der Waals surface area contributed by atoms with Gasteiger partial charge in [0.1, 0.15) is 22.3 Å². The average molecular weight is 692 g/mol. The molecule has 0 N–H and O–H groups in total. The molecule has 0 aliphatic carbocycles. The Morgan fingerprint density at radius 2 is 0.815 bits per heavy atom. The summed E-state index contributed by atoms with van der Waals surface area (Å²) >= 11 is 0. The van der Waals surface area contributed by atoms with Crippen molar-refractivity contribution in [2.75, 3.05) is 0 Å². The third-order valence-corrected chi connectivity index (χ3v) is 10.4. The molecule has 5 heteroatoms. The van der Waals surface area contributed by atoms with Crippen molar-refractivity contribution in [3.05, 3.63) is 176 Å². The van der Waals surface area contributed by atoms with Crippen molar-refractivity contribution in [3.8, 4) is 56.4 Å². The van der Waals surface area contributed by atoms with Crippen molar-refractivity contribution in [1.29, 1.82) is 0 Å². The molecular weight excluding hydrogens is 663 g/mol. The van der Waals surface area contributed by atoms with Crippen molar-refractivity contribution in [2.24, 2.45) is 0 Å². The number of furan rings is 2. The maximum Gasteiger partial charge on any atom is 0.164 e. The molecule has 0 unspecified atom stereocenters. The van der Waals surface area contributed by atoms with E-state index in [9.17, 15) is 0 Å². The Morgan fingerprint density at radius 1 is 0.296 bits per heavy atom. The SMILES string of the molecule is c1ccc(-c2ccc(-c3nc(-c4ccccc4)nc(-c4cccc5oc6cccc(-c7cccc8c7oc7c9ccccc9ccc87)c6c45)n3)cc2)cc1. The molecule has 11 rings (SSSR count). The minimum atomic E-state index is 0.572. The standard InChI is InChI=1S/C49H29N3O2/c1-3-12-30(13-4-1)31-24-26-34(27-25-31)48-50-47(33-15-5-2-6-16-33)51-49(52-48)40-21-11-23-42-44(40)43-36(18-10-22-41(43)53-42)37-19-9-20-38-39-29-28-32-14-7-8-17-35(32)45(39)54-46(37)38/h1-29H. The highest BCUT2D eigenvalue weighted by Gasteiger charge is 2.22. The molecule has 8 aromatic carbocycles. The van der Waals surface area contributed by atoms with E-state index in [-0.39, 0.29) is 0 Å². The van der Waals surface area contributed by atoms with Crippen LogP contribution in [0.2, 0.25) is 0 Å². The van der Waals surface area contributed by atoms with E-state index in [1.54, 1.807) is 0 Å². The summed E-state index contributed by atoms with van der Waals surface area (Å²) in [5.41, 5.74) is 10.3. The second kappa shape index (κ2) is 12.1. The van der Waals surface area contributed by atoms with Gasteiger partial charge < -0.3 is 8.83 Å². The molecule has 0 radical (unpaired) electrons. The number of hydrogen-bond donors (Lipinski definition) is 0. The molecule has 0 aliphatic heterocycles. The Hall–Kier alpha value is -7.37. The van der Waals surface area contributed by atoms with Crippen molar-refractivity contribution >= 4 is 54.6 Å². The summed E-state index contributed by atoms with van der Waals surface area (Å²) in [5, 5.41) is 6.34. The zero-order valence-electron chi connectivity index (χ0n) is 28.9. The van der Waals surface area contributed by atoms with Gasteiger partial charge in [0.05, 0.1) is 0 Å². The van der Waals surface area contributed by atoms with Crippen LogP contribution in [0.4, 0.5) is 0 Å². The van der Waals surface area contributed by atoms with Gasteiger partial charge in [-0.15, -0.1) is 0 Å². The number of fused-ring (bicyclic) bond motifs is 8. The number of aromatic nitrogens is 3. The molecule has 11 aromatic rings. The second-order valence-corrected chi connectivity index (χ2v) is 13.5. The molecule has 0 fully saturated rings. The van der Waals surface area contributed by atoms with Crippen LogP contribution in [-0.4, -0.2) is 15.0 Å². The van der Waals surface area contributed by atoms with Crippen LogP contribution in [0.1, 0.15) is 0 Å². The Bertz CT molecular complexity index is 3200. The molecule has 0 saturated heterocycles. The molecule has 3 heterocycles. The summed E-state index contributed by atoms with van der Waals surface area (Å²) in [6.45, 7) is 0. The lowest BCUT2D eigenvalue weighted by atomic mass is 9.95. The van der Waals surface area contributed by atoms with Gasteiger partial charge in [0.15, 0.2) is 17.5 Å². The summed E-state index contributed by atoms with van der Waals surface area (Å²) in [7, 11) is 0. The summed E-state index contributed by atoms with van der Waals surface area (Å²) < 4.78 is 13.4. The zero-order chi connectivity index (χ0) is 35.6. The number of benzene rings is 8. The molecule has 0 aliphatic rings. The van der Waals surface area contributed by atoms with Crippen LogP contribution >= 0.6 is 0 Å². The smallest absolute Gasteiger partial charge is 0.164 e. The lowest BCUT2D eigenvalue weighted by Crippen LogP contribution is -2.00. The number of hydrogen-bond acceptors (Lipinski definition) is 5. The number of para-hydroxylation sites is 1. The maximum atomic E-state index is 6.81. The Labute approximate surface area is 309 Å². The Kier molecular flexibility index (Phi) is 6.79. The van der Waals surface area contributed by atoms with E-state index in [1.807, 2.05) is 60.7 Å². The Morgan fingerprint density at radius 3 is 1.57 bits per heavy atom. The molecule has 0 atom stereocenters. The third kappa shape index (κ3) is 4.83. The van der Waals surface area contributed by atoms with E-state index < -0.39 is 0 Å². The normalized spacial score (nSPS) is 11.7. The number of rotatable bonds is 5. The first kappa shape index (κ1) is 30.3. The van der Waals surface area contributed by atoms with Gasteiger partial charge >= 0.3 is 0 Å². The molecule has 0 saturated carbocycles. The predicted molar refractivity (Wildman–Crippen MR) is 219 cm³/mol. The lowest BCUT2D eigenvalue weighted by Gasteiger charge is -2.10. The van der Waals surface area contributed by atoms with Gasteiger partial charge in [-0.2, -0.15) is 0 Å². The number of nitrogens with zero attached hydrogens (tertiary/aromatic N) is 3. The molecule has 3 aromatic heterocycles. The first-order chi connectivity index (χ1) is 26.8. The highest BCUT2D eigenvalue weighted by Crippen LogP contribution is 2.45. The lowest BCUT2D eigenvalue weighted by molar-refractivity contribution is 0.669. The maximum absolute atomic E-state index is 6.81. The fourth-order valence-electron chi connectivity index (χ4n) is 7.80. The topological polar surface area (TPSA) is 65.0 Å². The van der Waals surface area contributed by atoms with Crippen LogP contribution in [0.25, 0.3) is 111 Å². The van der Waals surface area contributed by atoms with Crippen LogP contribution in [0.5, 0.6) is 0 Å². The zero-order valence-corrected chi connectivity index (χ0v) is 28.9. The predicted octanol–water partition coefficient (Wildman–Crippen LogP) is 13.2. The molecule has 0 amide bonds. The van der Waals surface area contributed by atoms with Crippen molar-refractivity contribution in [2.45, 2.75) is 0 Å². The highest BCUT2D eigenvalue weighted by atomic mass is 16.3. The fraction of sp³-hybridized carbons (Fsp3) is 0. The summed E-state index contributed by atoms with van der Waals surface area (Å²) in [5.74, 6) is 1.78. The van der Waals surface area contributed by atoms with Gasteiger partial charge in [0, 0.05) is 49.2 Å². The largest absolute Gasteiger partial charge is 0.456 e. The van der Waals surface area contributed by atoms with E-state index >= 15 is 0 Å². The second-order valence-electron chi connectivity index (χ2n) is 13.5. The monoisotopic (exact) mass is 691 g/mol. The van der Waals surface area contributed by atoms with Gasteiger partial charge in [0.2, 0.25) is 0 Å². The minimum absolute atomic E-state index is 0.572. The van der Waals surface area contributed by atoms with Gasteiger partial charge in [-0.3, -0.25) is 0 Å². The van der Waals surface area contributed by atoms with Crippen molar-refractivity contribution in [3.63, 3.8) is 0 Å². The summed E-state index contributed by atoms with van der Waals surface area (Å²) in [4.78, 5) is 15.3.